The van der Waals surface area contributed by atoms with E-state index in [1.165, 1.54) is 15.4 Å². The lowest BCUT2D eigenvalue weighted by atomic mass is 10.1. The summed E-state index contributed by atoms with van der Waals surface area (Å²) in [4.78, 5) is 5.79. The lowest BCUT2D eigenvalue weighted by Crippen LogP contribution is -2.10. The molecule has 2 aromatic rings. The van der Waals surface area contributed by atoms with Gasteiger partial charge in [0.25, 0.3) is 0 Å². The van der Waals surface area contributed by atoms with Crippen LogP contribution in [0.25, 0.3) is 0 Å². The van der Waals surface area contributed by atoms with Crippen LogP contribution in [0.5, 0.6) is 0 Å². The van der Waals surface area contributed by atoms with Gasteiger partial charge in [0.15, 0.2) is 0 Å². The topological polar surface area (TPSA) is 24.9 Å². The van der Waals surface area contributed by atoms with Crippen LogP contribution in [-0.2, 0) is 12.8 Å². The first-order valence-electron chi connectivity index (χ1n) is 5.95. The van der Waals surface area contributed by atoms with E-state index in [1.807, 2.05) is 24.6 Å². The molecule has 17 heavy (non-hydrogen) atoms. The van der Waals surface area contributed by atoms with E-state index in [0.717, 1.165) is 12.8 Å². The minimum Gasteiger partial charge on any atom is -0.312 e. The summed E-state index contributed by atoms with van der Waals surface area (Å²) in [5, 5.41) is 4.47. The molecule has 3 heteroatoms. The van der Waals surface area contributed by atoms with Crippen LogP contribution in [0.15, 0.2) is 36.5 Å². The molecule has 0 saturated heterocycles. The Morgan fingerprint density at radius 1 is 1.24 bits per heavy atom. The van der Waals surface area contributed by atoms with Crippen molar-refractivity contribution in [3.8, 4) is 0 Å². The summed E-state index contributed by atoms with van der Waals surface area (Å²) < 4.78 is 0. The summed E-state index contributed by atoms with van der Waals surface area (Å²) in [5.41, 5.74) is 1.38. The number of rotatable bonds is 5. The number of hydrogen-bond donors (Lipinski definition) is 1. The first kappa shape index (κ1) is 12.3. The second kappa shape index (κ2) is 5.94. The second-order valence-electron chi connectivity index (χ2n) is 4.15. The van der Waals surface area contributed by atoms with Crippen molar-refractivity contribution in [1.82, 2.24) is 10.3 Å². The first-order chi connectivity index (χ1) is 8.29. The van der Waals surface area contributed by atoms with E-state index < -0.39 is 0 Å². The molecular weight excluding hydrogens is 228 g/mol. The highest BCUT2D eigenvalue weighted by Gasteiger charge is 2.07. The van der Waals surface area contributed by atoms with Crippen molar-refractivity contribution in [3.63, 3.8) is 0 Å². The zero-order chi connectivity index (χ0) is 12.1. The third-order valence-electron chi connectivity index (χ3n) is 2.90. The fourth-order valence-corrected chi connectivity index (χ4v) is 2.66. The highest BCUT2D eigenvalue weighted by molar-refractivity contribution is 7.11. The Labute approximate surface area is 107 Å². The maximum atomic E-state index is 4.48. The molecule has 1 N–H and O–H groups in total. The van der Waals surface area contributed by atoms with Crippen LogP contribution in [0, 0.1) is 0 Å². The van der Waals surface area contributed by atoms with Gasteiger partial charge in [-0.2, -0.15) is 0 Å². The molecule has 0 bridgehead atoms. The van der Waals surface area contributed by atoms with E-state index >= 15 is 0 Å². The molecule has 2 nitrogen and oxygen atoms in total. The number of aryl methyl sites for hydroxylation is 2. The number of nitrogens with zero attached hydrogens (tertiary/aromatic N) is 1. The number of aromatic nitrogens is 1. The van der Waals surface area contributed by atoms with E-state index in [1.54, 1.807) is 0 Å². The Balaban J connectivity index is 1.94. The van der Waals surface area contributed by atoms with Crippen molar-refractivity contribution in [3.05, 3.63) is 52.0 Å². The van der Waals surface area contributed by atoms with Gasteiger partial charge in [0.2, 0.25) is 0 Å². The van der Waals surface area contributed by atoms with Crippen LogP contribution in [0.1, 0.15) is 28.4 Å². The highest BCUT2D eigenvalue weighted by atomic mass is 32.1. The van der Waals surface area contributed by atoms with Gasteiger partial charge in [-0.3, -0.25) is 0 Å². The molecule has 0 aliphatic heterocycles. The lowest BCUT2D eigenvalue weighted by molar-refractivity contribution is 0.662. The summed E-state index contributed by atoms with van der Waals surface area (Å²) in [6, 6.07) is 11.0. The monoisotopic (exact) mass is 246 g/mol. The predicted molar refractivity (Wildman–Crippen MR) is 73.4 cm³/mol. The smallest absolute Gasteiger partial charge is 0.0931 e. The van der Waals surface area contributed by atoms with Gasteiger partial charge in [-0.1, -0.05) is 30.3 Å². The van der Waals surface area contributed by atoms with Crippen LogP contribution in [-0.4, -0.2) is 12.0 Å². The van der Waals surface area contributed by atoms with Gasteiger partial charge in [0, 0.05) is 23.5 Å². The third-order valence-corrected chi connectivity index (χ3v) is 4.14. The van der Waals surface area contributed by atoms with E-state index in [4.69, 9.17) is 0 Å². The number of thiazole rings is 1. The van der Waals surface area contributed by atoms with Gasteiger partial charge in [-0.25, -0.2) is 4.98 Å². The molecule has 0 amide bonds. The van der Waals surface area contributed by atoms with Gasteiger partial charge in [0.1, 0.15) is 0 Å². The Bertz CT molecular complexity index is 450. The summed E-state index contributed by atoms with van der Waals surface area (Å²) in [6.45, 7) is 2.16. The Morgan fingerprint density at radius 2 is 2.00 bits per heavy atom. The van der Waals surface area contributed by atoms with Crippen molar-refractivity contribution < 1.29 is 0 Å². The molecular formula is C14H18N2S. The molecule has 0 aliphatic rings. The molecule has 0 saturated carbocycles. The van der Waals surface area contributed by atoms with E-state index in [9.17, 15) is 0 Å². The largest absolute Gasteiger partial charge is 0.312 e. The van der Waals surface area contributed by atoms with Gasteiger partial charge in [-0.05, 0) is 26.0 Å². The van der Waals surface area contributed by atoms with Crippen LogP contribution in [0.2, 0.25) is 0 Å². The van der Waals surface area contributed by atoms with Gasteiger partial charge in [0.05, 0.1) is 5.01 Å². The Hall–Kier alpha value is -1.19. The average molecular weight is 246 g/mol. The van der Waals surface area contributed by atoms with Crippen molar-refractivity contribution in [2.75, 3.05) is 7.05 Å². The zero-order valence-corrected chi connectivity index (χ0v) is 11.1. The standard InChI is InChI=1S/C14H18N2S/c1-11(15-2)13-10-16-14(17-13)9-8-12-6-4-3-5-7-12/h3-7,10-11,15H,8-9H2,1-2H3. The van der Waals surface area contributed by atoms with Crippen LogP contribution in [0.3, 0.4) is 0 Å². The summed E-state index contributed by atoms with van der Waals surface area (Å²) >= 11 is 1.81. The van der Waals surface area contributed by atoms with Gasteiger partial charge < -0.3 is 5.32 Å². The fraction of sp³-hybridized carbons (Fsp3) is 0.357. The van der Waals surface area contributed by atoms with Crippen LogP contribution < -0.4 is 5.32 Å². The van der Waals surface area contributed by atoms with E-state index in [-0.39, 0.29) is 0 Å². The summed E-state index contributed by atoms with van der Waals surface area (Å²) in [5.74, 6) is 0. The molecule has 1 atom stereocenters. The van der Waals surface area contributed by atoms with Crippen LogP contribution in [0.4, 0.5) is 0 Å². The molecule has 1 heterocycles. The Kier molecular flexibility index (Phi) is 4.29. The Morgan fingerprint density at radius 3 is 2.71 bits per heavy atom. The fourth-order valence-electron chi connectivity index (χ4n) is 1.68. The van der Waals surface area contributed by atoms with Crippen molar-refractivity contribution >= 4 is 11.3 Å². The zero-order valence-electron chi connectivity index (χ0n) is 10.3. The summed E-state index contributed by atoms with van der Waals surface area (Å²) in [7, 11) is 1.98. The minimum absolute atomic E-state index is 0.401. The SMILES string of the molecule is CNC(C)c1cnc(CCc2ccccc2)s1. The minimum atomic E-state index is 0.401. The normalized spacial score (nSPS) is 12.6. The lowest BCUT2D eigenvalue weighted by Gasteiger charge is -2.04. The second-order valence-corrected chi connectivity index (χ2v) is 5.30. The molecule has 0 radical (unpaired) electrons. The van der Waals surface area contributed by atoms with Crippen molar-refractivity contribution in [2.45, 2.75) is 25.8 Å². The van der Waals surface area contributed by atoms with Crippen molar-refractivity contribution in [2.24, 2.45) is 0 Å². The molecule has 0 fully saturated rings. The molecule has 1 aromatic heterocycles. The molecule has 2 rings (SSSR count). The third kappa shape index (κ3) is 3.38. The number of hydrogen-bond acceptors (Lipinski definition) is 3. The maximum absolute atomic E-state index is 4.48. The molecule has 0 spiro atoms. The van der Waals surface area contributed by atoms with Crippen LogP contribution >= 0.6 is 11.3 Å². The van der Waals surface area contributed by atoms with Gasteiger partial charge in [-0.15, -0.1) is 11.3 Å². The van der Waals surface area contributed by atoms with E-state index in [2.05, 4.69) is 47.6 Å². The highest BCUT2D eigenvalue weighted by Crippen LogP contribution is 2.21. The number of benzene rings is 1. The van der Waals surface area contributed by atoms with Gasteiger partial charge >= 0.3 is 0 Å². The predicted octanol–water partition coefficient (Wildman–Crippen LogP) is 3.21. The molecule has 1 aromatic carbocycles. The summed E-state index contributed by atoms with van der Waals surface area (Å²) in [6.07, 6.45) is 4.10. The molecule has 0 aliphatic carbocycles. The maximum Gasteiger partial charge on any atom is 0.0931 e. The first-order valence-corrected chi connectivity index (χ1v) is 6.77. The number of nitrogens with one attached hydrogen (secondary N) is 1. The average Bonchev–Trinajstić information content (AvgIpc) is 2.85. The molecule has 1 unspecified atom stereocenters. The quantitative estimate of drug-likeness (QED) is 0.876. The van der Waals surface area contributed by atoms with Crippen molar-refractivity contribution in [1.29, 1.82) is 0 Å². The molecule has 90 valence electrons. The van der Waals surface area contributed by atoms with E-state index in [0.29, 0.717) is 6.04 Å².